The summed E-state index contributed by atoms with van der Waals surface area (Å²) in [6.07, 6.45) is 1.42. The van der Waals surface area contributed by atoms with Crippen molar-refractivity contribution in [2.24, 2.45) is 0 Å². The summed E-state index contributed by atoms with van der Waals surface area (Å²) in [5.74, 6) is 3.83. The Labute approximate surface area is 123 Å². The number of benzene rings is 1. The highest BCUT2D eigenvalue weighted by atomic mass is 32.2. The molecule has 5 nitrogen and oxygen atoms in total. The molecule has 0 aromatic heterocycles. The van der Waals surface area contributed by atoms with Crippen molar-refractivity contribution >= 4 is 15.7 Å². The number of carbonyl (C=O) groups is 1. The Morgan fingerprint density at radius 2 is 2.14 bits per heavy atom. The third kappa shape index (κ3) is 6.38. The van der Waals surface area contributed by atoms with Gasteiger partial charge in [-0.1, -0.05) is 11.8 Å². The van der Waals surface area contributed by atoms with E-state index in [0.29, 0.717) is 6.42 Å². The van der Waals surface area contributed by atoms with Crippen LogP contribution in [0, 0.1) is 17.7 Å². The van der Waals surface area contributed by atoms with E-state index in [2.05, 4.69) is 17.2 Å². The third-order valence-corrected chi connectivity index (χ3v) is 3.54. The topological polar surface area (TPSA) is 83.5 Å². The van der Waals surface area contributed by atoms with Crippen molar-refractivity contribution in [1.82, 2.24) is 5.32 Å². The zero-order chi connectivity index (χ0) is 15.9. The van der Waals surface area contributed by atoms with Crippen LogP contribution in [0.1, 0.15) is 22.3 Å². The first-order valence-corrected chi connectivity index (χ1v) is 8.25. The minimum Gasteiger partial charge on any atom is -0.384 e. The van der Waals surface area contributed by atoms with E-state index in [1.807, 2.05) is 0 Å². The average molecular weight is 313 g/mol. The smallest absolute Gasteiger partial charge is 0.252 e. The average Bonchev–Trinajstić information content (AvgIpc) is 2.40. The minimum absolute atomic E-state index is 0.0200. The number of aliphatic hydroxyl groups is 1. The van der Waals surface area contributed by atoms with Gasteiger partial charge < -0.3 is 10.4 Å². The van der Waals surface area contributed by atoms with Crippen LogP contribution in [-0.2, 0) is 9.84 Å². The normalized spacial score (nSPS) is 10.6. The molecular formula is C14H16FNO4S. The van der Waals surface area contributed by atoms with Crippen LogP contribution < -0.4 is 5.32 Å². The molecule has 0 aliphatic heterocycles. The van der Waals surface area contributed by atoms with Crippen LogP contribution in [0.4, 0.5) is 4.39 Å². The first kappa shape index (κ1) is 17.1. The highest BCUT2D eigenvalue weighted by Crippen LogP contribution is 2.10. The van der Waals surface area contributed by atoms with Crippen molar-refractivity contribution < 1.29 is 22.7 Å². The molecule has 2 N–H and O–H groups in total. The van der Waals surface area contributed by atoms with E-state index in [1.165, 1.54) is 6.07 Å². The number of aliphatic hydroxyl groups excluding tert-OH is 1. The molecule has 0 saturated heterocycles. The standard InChI is InChI=1S/C14H16FNO4S/c1-21(19,20)9-3-7-16-14(18)13-6-5-12(15)10-11(13)4-2-8-17/h5-6,10,17H,3,7-9H2,1H3,(H,16,18). The van der Waals surface area contributed by atoms with Gasteiger partial charge in [-0.15, -0.1) is 0 Å². The summed E-state index contributed by atoms with van der Waals surface area (Å²) in [6.45, 7) is -0.206. The summed E-state index contributed by atoms with van der Waals surface area (Å²) in [4.78, 5) is 12.0. The monoisotopic (exact) mass is 313 g/mol. The van der Waals surface area contributed by atoms with Crippen LogP contribution in [0.15, 0.2) is 18.2 Å². The van der Waals surface area contributed by atoms with Gasteiger partial charge in [0.2, 0.25) is 0 Å². The Balaban J connectivity index is 2.74. The van der Waals surface area contributed by atoms with E-state index in [-0.39, 0.29) is 23.4 Å². The Bertz CT molecular complexity index is 674. The van der Waals surface area contributed by atoms with E-state index < -0.39 is 28.2 Å². The zero-order valence-electron chi connectivity index (χ0n) is 11.5. The van der Waals surface area contributed by atoms with Gasteiger partial charge in [0.25, 0.3) is 5.91 Å². The molecule has 21 heavy (non-hydrogen) atoms. The number of rotatable bonds is 5. The highest BCUT2D eigenvalue weighted by molar-refractivity contribution is 7.90. The van der Waals surface area contributed by atoms with Crippen LogP contribution in [0.5, 0.6) is 0 Å². The molecule has 0 spiro atoms. The van der Waals surface area contributed by atoms with Crippen LogP contribution in [0.3, 0.4) is 0 Å². The molecule has 0 aliphatic rings. The lowest BCUT2D eigenvalue weighted by Crippen LogP contribution is -2.26. The predicted octanol–water partition coefficient (Wildman–Crippen LogP) is 0.334. The van der Waals surface area contributed by atoms with Crippen molar-refractivity contribution in [3.05, 3.63) is 35.1 Å². The quantitative estimate of drug-likeness (QED) is 0.606. The molecule has 1 amide bonds. The highest BCUT2D eigenvalue weighted by Gasteiger charge is 2.11. The van der Waals surface area contributed by atoms with Gasteiger partial charge >= 0.3 is 0 Å². The van der Waals surface area contributed by atoms with Crippen LogP contribution >= 0.6 is 0 Å². The van der Waals surface area contributed by atoms with Gasteiger partial charge in [-0.25, -0.2) is 12.8 Å². The number of carbonyl (C=O) groups excluding carboxylic acids is 1. The second-order valence-corrected chi connectivity index (χ2v) is 6.65. The van der Waals surface area contributed by atoms with E-state index in [0.717, 1.165) is 18.4 Å². The van der Waals surface area contributed by atoms with Crippen LogP contribution in [0.25, 0.3) is 0 Å². The van der Waals surface area contributed by atoms with Gasteiger partial charge in [0.1, 0.15) is 22.3 Å². The molecule has 0 saturated carbocycles. The van der Waals surface area contributed by atoms with Crippen LogP contribution in [0.2, 0.25) is 0 Å². The number of hydrogen-bond donors (Lipinski definition) is 2. The van der Waals surface area contributed by atoms with Crippen molar-refractivity contribution in [1.29, 1.82) is 0 Å². The summed E-state index contributed by atoms with van der Waals surface area (Å²) in [5, 5.41) is 11.2. The molecule has 1 rings (SSSR count). The maximum atomic E-state index is 13.1. The van der Waals surface area contributed by atoms with Crippen LogP contribution in [-0.4, -0.2) is 44.6 Å². The molecule has 0 radical (unpaired) electrons. The van der Waals surface area contributed by atoms with Crippen molar-refractivity contribution in [2.45, 2.75) is 6.42 Å². The molecule has 0 aliphatic carbocycles. The number of halogens is 1. The molecule has 0 unspecified atom stereocenters. The molecule has 0 bridgehead atoms. The summed E-state index contributed by atoms with van der Waals surface area (Å²) in [6, 6.07) is 3.53. The summed E-state index contributed by atoms with van der Waals surface area (Å²) < 4.78 is 35.1. The largest absolute Gasteiger partial charge is 0.384 e. The molecular weight excluding hydrogens is 297 g/mol. The van der Waals surface area contributed by atoms with E-state index in [9.17, 15) is 17.6 Å². The lowest BCUT2D eigenvalue weighted by atomic mass is 10.1. The van der Waals surface area contributed by atoms with Gasteiger partial charge in [0.05, 0.1) is 11.3 Å². The minimum atomic E-state index is -3.06. The van der Waals surface area contributed by atoms with E-state index in [1.54, 1.807) is 0 Å². The van der Waals surface area contributed by atoms with Gasteiger partial charge in [0, 0.05) is 18.4 Å². The number of sulfone groups is 1. The zero-order valence-corrected chi connectivity index (χ0v) is 12.3. The fourth-order valence-electron chi connectivity index (χ4n) is 1.58. The third-order valence-electron chi connectivity index (χ3n) is 2.51. The van der Waals surface area contributed by atoms with Crippen molar-refractivity contribution in [2.75, 3.05) is 25.2 Å². The SMILES string of the molecule is CS(=O)(=O)CCCNC(=O)c1ccc(F)cc1C#CCO. The molecule has 1 aromatic carbocycles. The lowest BCUT2D eigenvalue weighted by molar-refractivity contribution is 0.0953. The molecule has 7 heteroatoms. The van der Waals surface area contributed by atoms with Crippen molar-refractivity contribution in [3.63, 3.8) is 0 Å². The second kappa shape index (κ2) is 7.76. The molecule has 0 fully saturated rings. The molecule has 1 aromatic rings. The van der Waals surface area contributed by atoms with Gasteiger partial charge in [-0.05, 0) is 24.6 Å². The fraction of sp³-hybridized carbons (Fsp3) is 0.357. The maximum absolute atomic E-state index is 13.1. The molecule has 0 atom stereocenters. The van der Waals surface area contributed by atoms with Gasteiger partial charge in [-0.2, -0.15) is 0 Å². The van der Waals surface area contributed by atoms with Crippen molar-refractivity contribution in [3.8, 4) is 11.8 Å². The fourth-order valence-corrected chi connectivity index (χ4v) is 2.25. The Kier molecular flexibility index (Phi) is 6.34. The molecule has 0 heterocycles. The van der Waals surface area contributed by atoms with E-state index >= 15 is 0 Å². The molecule has 114 valence electrons. The number of nitrogens with one attached hydrogen (secondary N) is 1. The van der Waals surface area contributed by atoms with Gasteiger partial charge in [-0.3, -0.25) is 4.79 Å². The van der Waals surface area contributed by atoms with Gasteiger partial charge in [0.15, 0.2) is 0 Å². The Morgan fingerprint density at radius 3 is 2.76 bits per heavy atom. The lowest BCUT2D eigenvalue weighted by Gasteiger charge is -2.07. The summed E-state index contributed by atoms with van der Waals surface area (Å²) >= 11 is 0. The number of amides is 1. The summed E-state index contributed by atoms with van der Waals surface area (Å²) in [5.41, 5.74) is 0.348. The predicted molar refractivity (Wildman–Crippen MR) is 77.0 cm³/mol. The maximum Gasteiger partial charge on any atom is 0.252 e. The first-order chi connectivity index (χ1) is 9.83. The van der Waals surface area contributed by atoms with E-state index in [4.69, 9.17) is 5.11 Å². The Morgan fingerprint density at radius 1 is 1.43 bits per heavy atom. The second-order valence-electron chi connectivity index (χ2n) is 4.39. The summed E-state index contributed by atoms with van der Waals surface area (Å²) in [7, 11) is -3.06. The Hall–Kier alpha value is -1.91. The first-order valence-electron chi connectivity index (χ1n) is 6.18. The number of hydrogen-bond acceptors (Lipinski definition) is 4.